The van der Waals surface area contributed by atoms with Crippen molar-refractivity contribution >= 4 is 21.8 Å². The molecule has 6 heteroatoms. The summed E-state index contributed by atoms with van der Waals surface area (Å²) in [6.07, 6.45) is 3.66. The van der Waals surface area contributed by atoms with E-state index in [0.29, 0.717) is 6.54 Å². The Morgan fingerprint density at radius 2 is 1.96 bits per heavy atom. The van der Waals surface area contributed by atoms with Crippen LogP contribution in [0.1, 0.15) is 18.1 Å². The number of aromatic nitrogens is 2. The molecule has 0 spiro atoms. The van der Waals surface area contributed by atoms with Crippen molar-refractivity contribution < 1.29 is 4.79 Å². The van der Waals surface area contributed by atoms with Crippen molar-refractivity contribution in [1.29, 1.82) is 0 Å². The highest BCUT2D eigenvalue weighted by Gasteiger charge is 2.25. The van der Waals surface area contributed by atoms with Gasteiger partial charge in [0.25, 0.3) is 0 Å². The number of hydrogen-bond donors (Lipinski definition) is 0. The molecule has 1 unspecified atom stereocenters. The van der Waals surface area contributed by atoms with Crippen molar-refractivity contribution in [3.8, 4) is 0 Å². The Labute approximate surface area is 157 Å². The molecular weight excluding hydrogens is 380 g/mol. The number of carbonyl (C=O) groups is 1. The van der Waals surface area contributed by atoms with Gasteiger partial charge in [-0.05, 0) is 34.0 Å². The summed E-state index contributed by atoms with van der Waals surface area (Å²) in [5.74, 6) is 0.164. The molecule has 2 heterocycles. The molecule has 0 saturated carbocycles. The lowest BCUT2D eigenvalue weighted by Crippen LogP contribution is -2.50. The lowest BCUT2D eigenvalue weighted by Gasteiger charge is -2.36. The topological polar surface area (TPSA) is 41.4 Å². The Morgan fingerprint density at radius 3 is 2.60 bits per heavy atom. The molecule has 1 aliphatic rings. The Kier molecular flexibility index (Phi) is 5.91. The number of piperazine rings is 1. The van der Waals surface area contributed by atoms with E-state index in [1.807, 2.05) is 22.7 Å². The molecule has 25 heavy (non-hydrogen) atoms. The first kappa shape index (κ1) is 18.1. The molecule has 5 nitrogen and oxygen atoms in total. The first-order valence-corrected chi connectivity index (χ1v) is 9.56. The molecule has 134 valence electrons. The van der Waals surface area contributed by atoms with Gasteiger partial charge in [-0.1, -0.05) is 31.2 Å². The van der Waals surface area contributed by atoms with Crippen LogP contribution in [0.3, 0.4) is 0 Å². The highest BCUT2D eigenvalue weighted by Crippen LogP contribution is 2.15. The van der Waals surface area contributed by atoms with Gasteiger partial charge in [0.2, 0.25) is 5.91 Å². The van der Waals surface area contributed by atoms with Crippen LogP contribution in [0.25, 0.3) is 0 Å². The summed E-state index contributed by atoms with van der Waals surface area (Å²) in [5, 5.41) is 4.24. The largest absolute Gasteiger partial charge is 0.340 e. The Morgan fingerprint density at radius 1 is 1.24 bits per heavy atom. The fourth-order valence-electron chi connectivity index (χ4n) is 3.26. The molecule has 1 fully saturated rings. The first-order chi connectivity index (χ1) is 12.0. The lowest BCUT2D eigenvalue weighted by atomic mass is 10.1. The molecule has 0 radical (unpaired) electrons. The molecule has 1 aliphatic heterocycles. The number of benzene rings is 1. The van der Waals surface area contributed by atoms with E-state index in [0.717, 1.165) is 37.2 Å². The van der Waals surface area contributed by atoms with Crippen LogP contribution < -0.4 is 0 Å². The molecule has 2 aromatic rings. The lowest BCUT2D eigenvalue weighted by molar-refractivity contribution is -0.137. The fraction of sp³-hybridized carbons (Fsp3) is 0.474. The normalized spacial score (nSPS) is 16.8. The van der Waals surface area contributed by atoms with Crippen LogP contribution >= 0.6 is 15.9 Å². The zero-order chi connectivity index (χ0) is 17.8. The third kappa shape index (κ3) is 4.70. The van der Waals surface area contributed by atoms with Gasteiger partial charge < -0.3 is 4.90 Å². The number of hydrogen-bond acceptors (Lipinski definition) is 3. The van der Waals surface area contributed by atoms with Crippen molar-refractivity contribution in [2.24, 2.45) is 5.92 Å². The number of amides is 1. The van der Waals surface area contributed by atoms with Crippen LogP contribution in [0, 0.1) is 12.8 Å². The quantitative estimate of drug-likeness (QED) is 0.768. The van der Waals surface area contributed by atoms with Crippen LogP contribution in [-0.2, 0) is 17.9 Å². The molecule has 1 saturated heterocycles. The van der Waals surface area contributed by atoms with Gasteiger partial charge in [-0.25, -0.2) is 0 Å². The van der Waals surface area contributed by atoms with E-state index in [1.54, 1.807) is 6.20 Å². The molecule has 1 atom stereocenters. The molecule has 3 rings (SSSR count). The maximum absolute atomic E-state index is 12.7. The fourth-order valence-corrected chi connectivity index (χ4v) is 3.59. The van der Waals surface area contributed by atoms with Crippen LogP contribution in [0.15, 0.2) is 41.1 Å². The van der Waals surface area contributed by atoms with Gasteiger partial charge >= 0.3 is 0 Å². The third-order valence-corrected chi connectivity index (χ3v) is 5.23. The number of rotatable bonds is 5. The van der Waals surface area contributed by atoms with Crippen molar-refractivity contribution in [1.82, 2.24) is 19.6 Å². The average molecular weight is 405 g/mol. The average Bonchev–Trinajstić information content (AvgIpc) is 3.02. The van der Waals surface area contributed by atoms with Gasteiger partial charge in [-0.3, -0.25) is 14.4 Å². The van der Waals surface area contributed by atoms with E-state index in [9.17, 15) is 4.79 Å². The summed E-state index contributed by atoms with van der Waals surface area (Å²) in [5.41, 5.74) is 2.71. The second kappa shape index (κ2) is 8.15. The smallest absolute Gasteiger partial charge is 0.227 e. The van der Waals surface area contributed by atoms with Gasteiger partial charge in [0, 0.05) is 38.9 Å². The number of carbonyl (C=O) groups excluding carboxylic acids is 1. The van der Waals surface area contributed by atoms with Crippen LogP contribution in [0.4, 0.5) is 0 Å². The van der Waals surface area contributed by atoms with E-state index in [2.05, 4.69) is 57.1 Å². The highest BCUT2D eigenvalue weighted by atomic mass is 79.9. The molecule has 0 bridgehead atoms. The van der Waals surface area contributed by atoms with Crippen LogP contribution in [0.5, 0.6) is 0 Å². The molecule has 1 aromatic heterocycles. The second-order valence-corrected chi connectivity index (χ2v) is 7.73. The van der Waals surface area contributed by atoms with Crippen LogP contribution in [0.2, 0.25) is 0 Å². The maximum Gasteiger partial charge on any atom is 0.227 e. The third-order valence-electron chi connectivity index (χ3n) is 4.82. The minimum absolute atomic E-state index is 0.0604. The van der Waals surface area contributed by atoms with Gasteiger partial charge in [-0.15, -0.1) is 0 Å². The molecule has 1 aromatic carbocycles. The number of aryl methyl sites for hydroxylation is 1. The molecule has 0 aliphatic carbocycles. The summed E-state index contributed by atoms with van der Waals surface area (Å²) in [6.45, 7) is 9.19. The molecular formula is C19H25BrN4O. The highest BCUT2D eigenvalue weighted by molar-refractivity contribution is 9.10. The summed E-state index contributed by atoms with van der Waals surface area (Å²) in [6, 6.07) is 8.52. The minimum Gasteiger partial charge on any atom is -0.340 e. The minimum atomic E-state index is -0.0604. The zero-order valence-electron chi connectivity index (χ0n) is 14.9. The monoisotopic (exact) mass is 404 g/mol. The van der Waals surface area contributed by atoms with Gasteiger partial charge in [0.1, 0.15) is 0 Å². The number of nitrogens with zero attached hydrogens (tertiary/aromatic N) is 4. The van der Waals surface area contributed by atoms with E-state index >= 15 is 0 Å². The first-order valence-electron chi connectivity index (χ1n) is 8.76. The Bertz CT molecular complexity index is 722. The predicted octanol–water partition coefficient (Wildman–Crippen LogP) is 2.93. The summed E-state index contributed by atoms with van der Waals surface area (Å²) >= 11 is 3.39. The van der Waals surface area contributed by atoms with E-state index in [1.165, 1.54) is 11.1 Å². The van der Waals surface area contributed by atoms with Crippen molar-refractivity contribution in [2.45, 2.75) is 26.9 Å². The van der Waals surface area contributed by atoms with E-state index in [-0.39, 0.29) is 11.8 Å². The van der Waals surface area contributed by atoms with Crippen molar-refractivity contribution in [3.05, 3.63) is 52.3 Å². The van der Waals surface area contributed by atoms with E-state index < -0.39 is 0 Å². The number of halogens is 1. The summed E-state index contributed by atoms with van der Waals surface area (Å²) in [7, 11) is 0. The van der Waals surface area contributed by atoms with Crippen molar-refractivity contribution in [3.63, 3.8) is 0 Å². The van der Waals surface area contributed by atoms with Gasteiger partial charge in [0.05, 0.1) is 23.1 Å². The standard InChI is InChI=1S/C19H25BrN4O/c1-15-5-3-4-6-17(15)13-22-7-9-23(10-8-22)19(25)16(2)12-24-14-18(20)11-21-24/h3-6,11,14,16H,7-10,12-13H2,1-2H3. The molecule has 1 amide bonds. The Balaban J connectivity index is 1.49. The molecule has 0 N–H and O–H groups in total. The SMILES string of the molecule is Cc1ccccc1CN1CCN(C(=O)C(C)Cn2cc(Br)cn2)CC1. The predicted molar refractivity (Wildman–Crippen MR) is 102 cm³/mol. The van der Waals surface area contributed by atoms with Crippen LogP contribution in [-0.4, -0.2) is 51.7 Å². The summed E-state index contributed by atoms with van der Waals surface area (Å²) < 4.78 is 2.76. The maximum atomic E-state index is 12.7. The van der Waals surface area contributed by atoms with Gasteiger partial charge in [0.15, 0.2) is 0 Å². The second-order valence-electron chi connectivity index (χ2n) is 6.81. The zero-order valence-corrected chi connectivity index (χ0v) is 16.4. The van der Waals surface area contributed by atoms with E-state index in [4.69, 9.17) is 0 Å². The Hall–Kier alpha value is -1.66. The van der Waals surface area contributed by atoms with Gasteiger partial charge in [-0.2, -0.15) is 5.10 Å². The summed E-state index contributed by atoms with van der Waals surface area (Å²) in [4.78, 5) is 17.1. The van der Waals surface area contributed by atoms with Crippen molar-refractivity contribution in [2.75, 3.05) is 26.2 Å².